The third-order valence-electron chi connectivity index (χ3n) is 5.78. The molecule has 0 amide bonds. The number of aliphatic hydroxyl groups excluding tert-OH is 1. The van der Waals surface area contributed by atoms with Crippen LogP contribution < -0.4 is 5.73 Å². The van der Waals surface area contributed by atoms with Crippen molar-refractivity contribution in [1.29, 1.82) is 0 Å². The van der Waals surface area contributed by atoms with Crippen LogP contribution in [0.2, 0.25) is 0 Å². The Balaban J connectivity index is 3.23. The standard InChI is InChI=1S/C23H48N2O3/c1-25(2)21(19-20-24)17-15-13-11-9-7-5-3-4-6-8-10-12-14-16-18-22(26)23(27)28/h21-22,26H,3-20,24H2,1-2H3,(H,27,28). The van der Waals surface area contributed by atoms with E-state index in [2.05, 4.69) is 19.0 Å². The Morgan fingerprint density at radius 1 is 0.714 bits per heavy atom. The third-order valence-corrected chi connectivity index (χ3v) is 5.78. The van der Waals surface area contributed by atoms with Crippen LogP contribution in [-0.2, 0) is 4.79 Å². The minimum Gasteiger partial charge on any atom is -0.479 e. The number of unbranched alkanes of at least 4 members (excludes halogenated alkanes) is 13. The molecule has 2 atom stereocenters. The van der Waals surface area contributed by atoms with Crippen molar-refractivity contribution in [2.45, 2.75) is 121 Å². The molecule has 0 aliphatic heterocycles. The van der Waals surface area contributed by atoms with Gasteiger partial charge in [-0.15, -0.1) is 0 Å². The highest BCUT2D eigenvalue weighted by Gasteiger charge is 2.11. The molecule has 0 spiro atoms. The summed E-state index contributed by atoms with van der Waals surface area (Å²) >= 11 is 0. The molecule has 0 aromatic heterocycles. The molecule has 0 fully saturated rings. The predicted molar refractivity (Wildman–Crippen MR) is 119 cm³/mol. The number of nitrogens with zero attached hydrogens (tertiary/aromatic N) is 1. The van der Waals surface area contributed by atoms with Gasteiger partial charge in [0.25, 0.3) is 0 Å². The molecule has 0 bridgehead atoms. The number of aliphatic hydroxyl groups is 1. The van der Waals surface area contributed by atoms with Crippen LogP contribution in [0.3, 0.4) is 0 Å². The van der Waals surface area contributed by atoms with Crippen LogP contribution in [0.1, 0.15) is 109 Å². The highest BCUT2D eigenvalue weighted by atomic mass is 16.4. The molecule has 4 N–H and O–H groups in total. The highest BCUT2D eigenvalue weighted by molar-refractivity contribution is 5.71. The smallest absolute Gasteiger partial charge is 0.332 e. The quantitative estimate of drug-likeness (QED) is 0.237. The minimum atomic E-state index is -1.17. The summed E-state index contributed by atoms with van der Waals surface area (Å²) in [6, 6.07) is 0.654. The second kappa shape index (κ2) is 19.7. The van der Waals surface area contributed by atoms with E-state index >= 15 is 0 Å². The lowest BCUT2D eigenvalue weighted by molar-refractivity contribution is -0.146. The van der Waals surface area contributed by atoms with Gasteiger partial charge in [-0.05, 0) is 39.9 Å². The van der Waals surface area contributed by atoms with Gasteiger partial charge in [0, 0.05) is 6.04 Å². The zero-order valence-corrected chi connectivity index (χ0v) is 18.7. The zero-order valence-electron chi connectivity index (χ0n) is 18.7. The largest absolute Gasteiger partial charge is 0.479 e. The summed E-state index contributed by atoms with van der Waals surface area (Å²) in [5, 5.41) is 17.8. The van der Waals surface area contributed by atoms with E-state index in [-0.39, 0.29) is 0 Å². The normalized spacial score (nSPS) is 13.8. The van der Waals surface area contributed by atoms with E-state index in [4.69, 9.17) is 10.8 Å². The summed E-state index contributed by atoms with van der Waals surface area (Å²) in [7, 11) is 4.32. The first-order chi connectivity index (χ1) is 13.5. The second-order valence-corrected chi connectivity index (χ2v) is 8.58. The summed E-state index contributed by atoms with van der Waals surface area (Å²) in [5.74, 6) is -1.10. The average Bonchev–Trinajstić information content (AvgIpc) is 2.66. The topological polar surface area (TPSA) is 86.8 Å². The van der Waals surface area contributed by atoms with Gasteiger partial charge in [-0.1, -0.05) is 89.9 Å². The van der Waals surface area contributed by atoms with Crippen LogP contribution in [0.25, 0.3) is 0 Å². The van der Waals surface area contributed by atoms with Crippen LogP contribution >= 0.6 is 0 Å². The van der Waals surface area contributed by atoms with Crippen LogP contribution in [0, 0.1) is 0 Å². The molecule has 0 aliphatic rings. The van der Waals surface area contributed by atoms with Gasteiger partial charge < -0.3 is 20.8 Å². The van der Waals surface area contributed by atoms with E-state index in [1.807, 2.05) is 0 Å². The van der Waals surface area contributed by atoms with Gasteiger partial charge in [0.2, 0.25) is 0 Å². The van der Waals surface area contributed by atoms with Gasteiger partial charge in [-0.3, -0.25) is 0 Å². The molecule has 0 aromatic carbocycles. The molecule has 28 heavy (non-hydrogen) atoms. The Bertz CT molecular complexity index is 351. The van der Waals surface area contributed by atoms with Gasteiger partial charge in [0.15, 0.2) is 6.10 Å². The number of rotatable bonds is 21. The van der Waals surface area contributed by atoms with Crippen LogP contribution in [0.15, 0.2) is 0 Å². The van der Waals surface area contributed by atoms with Crippen LogP contribution in [0.5, 0.6) is 0 Å². The average molecular weight is 401 g/mol. The maximum Gasteiger partial charge on any atom is 0.332 e. The maximum atomic E-state index is 10.5. The molecule has 0 saturated heterocycles. The predicted octanol–water partition coefficient (Wildman–Crippen LogP) is 4.95. The summed E-state index contributed by atoms with van der Waals surface area (Å²) in [6.07, 6.45) is 19.4. The van der Waals surface area contributed by atoms with Crippen molar-refractivity contribution in [2.24, 2.45) is 5.73 Å². The Morgan fingerprint density at radius 2 is 1.07 bits per heavy atom. The number of carbonyl (C=O) groups is 1. The fourth-order valence-electron chi connectivity index (χ4n) is 3.82. The summed E-state index contributed by atoms with van der Waals surface area (Å²) < 4.78 is 0. The van der Waals surface area contributed by atoms with Crippen molar-refractivity contribution in [2.75, 3.05) is 20.6 Å². The van der Waals surface area contributed by atoms with Crippen molar-refractivity contribution in [3.05, 3.63) is 0 Å². The molecule has 168 valence electrons. The molecule has 0 rings (SSSR count). The molecule has 0 heterocycles. The fraction of sp³-hybridized carbons (Fsp3) is 0.957. The Labute approximate surface area is 174 Å². The Kier molecular flexibility index (Phi) is 19.2. The van der Waals surface area contributed by atoms with Crippen LogP contribution in [0.4, 0.5) is 0 Å². The van der Waals surface area contributed by atoms with E-state index in [1.54, 1.807) is 0 Å². The van der Waals surface area contributed by atoms with E-state index in [0.717, 1.165) is 32.2 Å². The number of carboxylic acids is 1. The molecule has 5 heteroatoms. The van der Waals surface area contributed by atoms with Gasteiger partial charge in [0.1, 0.15) is 0 Å². The molecule has 2 unspecified atom stereocenters. The van der Waals surface area contributed by atoms with Crippen molar-refractivity contribution in [1.82, 2.24) is 4.90 Å². The minimum absolute atomic E-state index is 0.388. The first kappa shape index (κ1) is 27.4. The van der Waals surface area contributed by atoms with E-state index in [1.165, 1.54) is 77.0 Å². The first-order valence-electron chi connectivity index (χ1n) is 11.8. The van der Waals surface area contributed by atoms with Crippen molar-refractivity contribution in [3.8, 4) is 0 Å². The van der Waals surface area contributed by atoms with Crippen molar-refractivity contribution < 1.29 is 15.0 Å². The summed E-state index contributed by atoms with van der Waals surface area (Å²) in [4.78, 5) is 12.8. The molecule has 0 saturated carbocycles. The monoisotopic (exact) mass is 400 g/mol. The zero-order chi connectivity index (χ0) is 21.0. The summed E-state index contributed by atoms with van der Waals surface area (Å²) in [6.45, 7) is 0.791. The molecular weight excluding hydrogens is 352 g/mol. The molecule has 5 nitrogen and oxygen atoms in total. The lowest BCUT2D eigenvalue weighted by atomic mass is 10.0. The Morgan fingerprint density at radius 3 is 1.39 bits per heavy atom. The molecular formula is C23H48N2O3. The lowest BCUT2D eigenvalue weighted by Crippen LogP contribution is -2.30. The Hall–Kier alpha value is -0.650. The van der Waals surface area contributed by atoms with Gasteiger partial charge in [0.05, 0.1) is 0 Å². The van der Waals surface area contributed by atoms with Crippen molar-refractivity contribution >= 4 is 5.97 Å². The fourth-order valence-corrected chi connectivity index (χ4v) is 3.82. The highest BCUT2D eigenvalue weighted by Crippen LogP contribution is 2.15. The SMILES string of the molecule is CN(C)C(CCN)CCCCCCCCCCCCCCCCC(O)C(=O)O. The number of aliphatic carboxylic acids is 1. The molecule has 0 aromatic rings. The maximum absolute atomic E-state index is 10.5. The number of hydrogen-bond donors (Lipinski definition) is 3. The van der Waals surface area contributed by atoms with Gasteiger partial charge in [-0.25, -0.2) is 4.79 Å². The van der Waals surface area contributed by atoms with E-state index in [0.29, 0.717) is 12.5 Å². The number of hydrogen-bond acceptors (Lipinski definition) is 4. The third kappa shape index (κ3) is 17.4. The summed E-state index contributed by atoms with van der Waals surface area (Å²) in [5.41, 5.74) is 5.69. The second-order valence-electron chi connectivity index (χ2n) is 8.58. The number of carboxylic acid groups (broad SMARTS) is 1. The first-order valence-corrected chi connectivity index (χ1v) is 11.8. The molecule has 0 radical (unpaired) electrons. The molecule has 0 aliphatic carbocycles. The van der Waals surface area contributed by atoms with Gasteiger partial charge >= 0.3 is 5.97 Å². The lowest BCUT2D eigenvalue weighted by Gasteiger charge is -2.23. The van der Waals surface area contributed by atoms with E-state index in [9.17, 15) is 9.90 Å². The van der Waals surface area contributed by atoms with Crippen LogP contribution in [-0.4, -0.2) is 53.9 Å². The van der Waals surface area contributed by atoms with Gasteiger partial charge in [-0.2, -0.15) is 0 Å². The van der Waals surface area contributed by atoms with Crippen molar-refractivity contribution in [3.63, 3.8) is 0 Å². The van der Waals surface area contributed by atoms with E-state index < -0.39 is 12.1 Å². The number of nitrogens with two attached hydrogens (primary N) is 1.